The second kappa shape index (κ2) is 7.40. The van der Waals surface area contributed by atoms with Crippen molar-refractivity contribution in [1.82, 2.24) is 0 Å². The molecule has 1 aliphatic rings. The van der Waals surface area contributed by atoms with Gasteiger partial charge in [-0.3, -0.25) is 14.4 Å². The highest BCUT2D eigenvalue weighted by Crippen LogP contribution is 2.29. The maximum atomic E-state index is 12.6. The number of benzene rings is 3. The summed E-state index contributed by atoms with van der Waals surface area (Å²) < 4.78 is 5.40. The first-order chi connectivity index (χ1) is 14.4. The van der Waals surface area contributed by atoms with Gasteiger partial charge in [0.2, 0.25) is 0 Å². The maximum Gasteiger partial charge on any atom is 0.343 e. The molecule has 1 aliphatic heterocycles. The second-order valence-corrected chi connectivity index (χ2v) is 6.98. The Morgan fingerprint density at radius 2 is 1.43 bits per heavy atom. The minimum atomic E-state index is -0.643. The first kappa shape index (κ1) is 19.3. The monoisotopic (exact) mass is 399 g/mol. The molecule has 6 nitrogen and oxygen atoms in total. The third-order valence-electron chi connectivity index (χ3n) is 4.87. The van der Waals surface area contributed by atoms with E-state index in [4.69, 9.17) is 4.74 Å². The third kappa shape index (κ3) is 3.28. The molecule has 0 aromatic heterocycles. The molecule has 30 heavy (non-hydrogen) atoms. The summed E-state index contributed by atoms with van der Waals surface area (Å²) in [6.07, 6.45) is 0. The lowest BCUT2D eigenvalue weighted by Crippen LogP contribution is -2.29. The molecule has 2 amide bonds. The number of hydrogen-bond donors (Lipinski definition) is 0. The molecule has 0 atom stereocenters. The van der Waals surface area contributed by atoms with Crippen molar-refractivity contribution in [3.63, 3.8) is 0 Å². The number of aryl methyl sites for hydroxylation is 1. The number of rotatable bonds is 4. The Morgan fingerprint density at radius 1 is 0.833 bits per heavy atom. The SMILES string of the molecule is CC(=O)c1cc(C)ccc1OC(=O)c1ccc(N2C(=O)c3ccccc3C2=O)cc1. The van der Waals surface area contributed by atoms with Crippen LogP contribution < -0.4 is 9.64 Å². The van der Waals surface area contributed by atoms with E-state index in [9.17, 15) is 19.2 Å². The summed E-state index contributed by atoms with van der Waals surface area (Å²) in [4.78, 5) is 50.6. The predicted octanol–water partition coefficient (Wildman–Crippen LogP) is 4.22. The predicted molar refractivity (Wildman–Crippen MR) is 110 cm³/mol. The second-order valence-electron chi connectivity index (χ2n) is 6.98. The number of amides is 2. The van der Waals surface area contributed by atoms with Crippen molar-refractivity contribution >= 4 is 29.3 Å². The van der Waals surface area contributed by atoms with Crippen molar-refractivity contribution < 1.29 is 23.9 Å². The lowest BCUT2D eigenvalue weighted by Gasteiger charge is -2.14. The van der Waals surface area contributed by atoms with Crippen molar-refractivity contribution in [2.45, 2.75) is 13.8 Å². The van der Waals surface area contributed by atoms with Gasteiger partial charge in [0.15, 0.2) is 5.78 Å². The maximum absolute atomic E-state index is 12.6. The molecule has 0 spiro atoms. The van der Waals surface area contributed by atoms with Gasteiger partial charge in [-0.1, -0.05) is 23.8 Å². The molecule has 3 aromatic rings. The smallest absolute Gasteiger partial charge is 0.343 e. The van der Waals surface area contributed by atoms with Gasteiger partial charge in [-0.25, -0.2) is 9.69 Å². The van der Waals surface area contributed by atoms with Gasteiger partial charge < -0.3 is 4.74 Å². The van der Waals surface area contributed by atoms with Gasteiger partial charge in [0.1, 0.15) is 5.75 Å². The van der Waals surface area contributed by atoms with E-state index in [1.165, 1.54) is 31.2 Å². The summed E-state index contributed by atoms with van der Waals surface area (Å²) in [5.41, 5.74) is 2.49. The molecule has 1 heterocycles. The molecule has 0 unspecified atom stereocenters. The molecule has 6 heteroatoms. The zero-order valence-electron chi connectivity index (χ0n) is 16.3. The number of carbonyl (C=O) groups excluding carboxylic acids is 4. The first-order valence-corrected chi connectivity index (χ1v) is 9.28. The van der Waals surface area contributed by atoms with Gasteiger partial charge in [0, 0.05) is 0 Å². The van der Waals surface area contributed by atoms with E-state index in [0.29, 0.717) is 22.4 Å². The number of ketones is 1. The van der Waals surface area contributed by atoms with Gasteiger partial charge in [0.05, 0.1) is 27.9 Å². The summed E-state index contributed by atoms with van der Waals surface area (Å²) >= 11 is 0. The number of imide groups is 1. The molecule has 3 aromatic carbocycles. The lowest BCUT2D eigenvalue weighted by atomic mass is 10.1. The fraction of sp³-hybridized carbons (Fsp3) is 0.0833. The molecule has 0 bridgehead atoms. The molecule has 0 saturated heterocycles. The summed E-state index contributed by atoms with van der Waals surface area (Å²) in [7, 11) is 0. The number of ether oxygens (including phenoxy) is 1. The number of Topliss-reactive ketones (excluding diaryl/α,β-unsaturated/α-hetero) is 1. The van der Waals surface area contributed by atoms with E-state index < -0.39 is 17.8 Å². The van der Waals surface area contributed by atoms with Crippen LogP contribution in [0.3, 0.4) is 0 Å². The van der Waals surface area contributed by atoms with Crippen LogP contribution in [0, 0.1) is 6.92 Å². The molecule has 0 fully saturated rings. The third-order valence-corrected chi connectivity index (χ3v) is 4.87. The average Bonchev–Trinajstić information content (AvgIpc) is 3.00. The molecule has 0 N–H and O–H groups in total. The summed E-state index contributed by atoms with van der Waals surface area (Å²) in [6, 6.07) is 17.6. The van der Waals surface area contributed by atoms with Crippen molar-refractivity contribution in [2.75, 3.05) is 4.90 Å². The Labute approximate surface area is 172 Å². The van der Waals surface area contributed by atoms with Crippen LogP contribution >= 0.6 is 0 Å². The Kier molecular flexibility index (Phi) is 4.75. The van der Waals surface area contributed by atoms with Crippen molar-refractivity contribution in [2.24, 2.45) is 0 Å². The van der Waals surface area contributed by atoms with E-state index >= 15 is 0 Å². The molecular formula is C24H17NO5. The highest BCUT2D eigenvalue weighted by Gasteiger charge is 2.36. The van der Waals surface area contributed by atoms with Crippen molar-refractivity contribution in [3.05, 3.63) is 94.5 Å². The Hall–Kier alpha value is -4.06. The fourth-order valence-corrected chi connectivity index (χ4v) is 3.34. The summed E-state index contributed by atoms with van der Waals surface area (Å²) in [6.45, 7) is 3.25. The van der Waals surface area contributed by atoms with Crippen LogP contribution in [0.25, 0.3) is 0 Å². The normalized spacial score (nSPS) is 12.7. The van der Waals surface area contributed by atoms with Gasteiger partial charge in [-0.2, -0.15) is 0 Å². The molecule has 0 saturated carbocycles. The minimum Gasteiger partial charge on any atom is -0.422 e. The molecule has 4 rings (SSSR count). The Bertz CT molecular complexity index is 1180. The average molecular weight is 399 g/mol. The number of fused-ring (bicyclic) bond motifs is 1. The van der Waals surface area contributed by atoms with Crippen LogP contribution in [-0.2, 0) is 0 Å². The van der Waals surface area contributed by atoms with Crippen LogP contribution in [0.5, 0.6) is 5.75 Å². The van der Waals surface area contributed by atoms with Crippen LogP contribution in [0.2, 0.25) is 0 Å². The summed E-state index contributed by atoms with van der Waals surface area (Å²) in [5, 5.41) is 0. The molecule has 0 radical (unpaired) electrons. The van der Waals surface area contributed by atoms with Crippen molar-refractivity contribution in [1.29, 1.82) is 0 Å². The van der Waals surface area contributed by atoms with Crippen LogP contribution in [0.15, 0.2) is 66.7 Å². The Morgan fingerprint density at radius 3 is 2.00 bits per heavy atom. The van der Waals surface area contributed by atoms with Crippen LogP contribution in [0.1, 0.15) is 53.9 Å². The highest BCUT2D eigenvalue weighted by molar-refractivity contribution is 6.34. The van der Waals surface area contributed by atoms with E-state index in [1.54, 1.807) is 42.5 Å². The van der Waals surface area contributed by atoms with E-state index in [2.05, 4.69) is 0 Å². The number of hydrogen-bond acceptors (Lipinski definition) is 5. The number of carbonyl (C=O) groups is 4. The topological polar surface area (TPSA) is 80.8 Å². The largest absolute Gasteiger partial charge is 0.422 e. The number of anilines is 1. The van der Waals surface area contributed by atoms with Gasteiger partial charge in [-0.05, 0) is 62.4 Å². The van der Waals surface area contributed by atoms with E-state index in [0.717, 1.165) is 10.5 Å². The zero-order chi connectivity index (χ0) is 21.4. The van der Waals surface area contributed by atoms with E-state index in [-0.39, 0.29) is 17.1 Å². The van der Waals surface area contributed by atoms with Gasteiger partial charge in [-0.15, -0.1) is 0 Å². The fourth-order valence-electron chi connectivity index (χ4n) is 3.34. The Balaban J connectivity index is 1.57. The lowest BCUT2D eigenvalue weighted by molar-refractivity contribution is 0.0732. The number of nitrogens with zero attached hydrogens (tertiary/aromatic N) is 1. The molecule has 148 valence electrons. The molecule has 0 aliphatic carbocycles. The quantitative estimate of drug-likeness (QED) is 0.284. The minimum absolute atomic E-state index is 0.183. The van der Waals surface area contributed by atoms with Gasteiger partial charge in [0.25, 0.3) is 11.8 Å². The highest BCUT2D eigenvalue weighted by atomic mass is 16.5. The van der Waals surface area contributed by atoms with Crippen molar-refractivity contribution in [3.8, 4) is 5.75 Å². The molecular weight excluding hydrogens is 382 g/mol. The first-order valence-electron chi connectivity index (χ1n) is 9.28. The van der Waals surface area contributed by atoms with Crippen LogP contribution in [-0.4, -0.2) is 23.6 Å². The number of esters is 1. The summed E-state index contributed by atoms with van der Waals surface area (Å²) in [5.74, 6) is -1.48. The van der Waals surface area contributed by atoms with Gasteiger partial charge >= 0.3 is 5.97 Å². The zero-order valence-corrected chi connectivity index (χ0v) is 16.3. The van der Waals surface area contributed by atoms with Crippen LogP contribution in [0.4, 0.5) is 5.69 Å². The van der Waals surface area contributed by atoms with E-state index in [1.807, 2.05) is 6.92 Å². The standard InChI is InChI=1S/C24H17NO5/c1-14-7-12-21(20(13-14)15(2)26)30-24(29)16-8-10-17(11-9-16)25-22(27)18-5-3-4-6-19(18)23(25)28/h3-13H,1-2H3.